The molecule has 8 rings (SSSR count). The molecule has 5 aromatic carbocycles. The normalized spacial score (nSPS) is 11.5. The van der Waals surface area contributed by atoms with E-state index in [0.717, 1.165) is 66.7 Å². The molecule has 0 bridgehead atoms. The third kappa shape index (κ3) is 7.91. The largest absolute Gasteiger partial charge is 0.487 e. The number of ether oxygens (including phenoxy) is 3. The molecule has 0 saturated heterocycles. The molecule has 8 aromatic rings. The van der Waals surface area contributed by atoms with Gasteiger partial charge in [-0.3, -0.25) is 4.79 Å². The van der Waals surface area contributed by atoms with Crippen LogP contribution in [0, 0.1) is 0 Å². The number of carbonyl (C=O) groups is 1. The van der Waals surface area contributed by atoms with Gasteiger partial charge in [-0.15, -0.1) is 0 Å². The van der Waals surface area contributed by atoms with Crippen molar-refractivity contribution in [3.8, 4) is 11.5 Å². The average Bonchev–Trinajstić information content (AvgIpc) is 3.23. The predicted octanol–water partition coefficient (Wildman–Crippen LogP) is 10.3. The van der Waals surface area contributed by atoms with Crippen LogP contribution >= 0.6 is 0 Å². The van der Waals surface area contributed by atoms with Gasteiger partial charge in [0.05, 0.1) is 33.6 Å². The summed E-state index contributed by atoms with van der Waals surface area (Å²) in [5.41, 5.74) is 6.79. The van der Waals surface area contributed by atoms with Crippen LogP contribution in [0.25, 0.3) is 32.7 Å². The van der Waals surface area contributed by atoms with Crippen molar-refractivity contribution in [2.24, 2.45) is 0 Å². The van der Waals surface area contributed by atoms with Crippen LogP contribution in [0.1, 0.15) is 48.0 Å². The smallest absolute Gasteiger partial charge is 0.306 e. The topological polar surface area (TPSA) is 83.4 Å². The van der Waals surface area contributed by atoms with Crippen molar-refractivity contribution in [1.82, 2.24) is 15.0 Å². The maximum absolute atomic E-state index is 13.2. The Bertz CT molecular complexity index is 2430. The fraction of sp³-hybridized carbons (Fsp3) is 0.149. The Balaban J connectivity index is 0.970. The molecule has 3 heterocycles. The Morgan fingerprint density at radius 1 is 0.481 bits per heavy atom. The summed E-state index contributed by atoms with van der Waals surface area (Å²) in [7, 11) is 0. The fourth-order valence-electron chi connectivity index (χ4n) is 6.75. The second-order valence-electron chi connectivity index (χ2n) is 13.6. The summed E-state index contributed by atoms with van der Waals surface area (Å²) in [6.07, 6.45) is 0.751. The molecule has 0 atom stereocenters. The van der Waals surface area contributed by atoms with E-state index in [2.05, 4.69) is 60.4 Å². The number of aromatic nitrogens is 3. The van der Waals surface area contributed by atoms with Gasteiger partial charge in [0.15, 0.2) is 0 Å². The van der Waals surface area contributed by atoms with Gasteiger partial charge in [-0.1, -0.05) is 104 Å². The van der Waals surface area contributed by atoms with Crippen molar-refractivity contribution in [3.05, 3.63) is 186 Å². The molecular weight excluding hydrogens is 671 g/mol. The van der Waals surface area contributed by atoms with Gasteiger partial charge in [-0.2, -0.15) is 0 Å². The number of carbonyl (C=O) groups excluding carboxylic acids is 1. The molecule has 266 valence electrons. The van der Waals surface area contributed by atoms with E-state index in [1.165, 1.54) is 0 Å². The average molecular weight is 710 g/mol. The van der Waals surface area contributed by atoms with Crippen molar-refractivity contribution in [3.63, 3.8) is 0 Å². The monoisotopic (exact) mass is 709 g/mol. The third-order valence-electron chi connectivity index (χ3n) is 9.93. The Morgan fingerprint density at radius 3 is 1.30 bits per heavy atom. The van der Waals surface area contributed by atoms with Crippen LogP contribution in [0.15, 0.2) is 158 Å². The Morgan fingerprint density at radius 2 is 0.870 bits per heavy atom. The standard InChI is InChI=1S/C47H39N3O4/c1-47(29-28-46(51)54-32-40-23-16-35-10-4-7-13-45(35)50-40,36-17-24-41(25-18-36)52-30-38-21-14-33-8-2-5-11-43(33)48-38)37-19-26-42(27-20-37)53-31-39-22-15-34-9-3-6-12-44(34)49-39/h2-27H,28-32H2,1H3. The van der Waals surface area contributed by atoms with Crippen LogP contribution in [0.2, 0.25) is 0 Å². The maximum Gasteiger partial charge on any atom is 0.306 e. The van der Waals surface area contributed by atoms with Crippen LogP contribution in [0.4, 0.5) is 0 Å². The maximum atomic E-state index is 13.2. The molecule has 0 saturated carbocycles. The quantitative estimate of drug-likeness (QED) is 0.110. The number of esters is 1. The van der Waals surface area contributed by atoms with E-state index < -0.39 is 5.41 Å². The lowest BCUT2D eigenvalue weighted by molar-refractivity contribution is -0.145. The van der Waals surface area contributed by atoms with E-state index in [-0.39, 0.29) is 19.0 Å². The van der Waals surface area contributed by atoms with Crippen molar-refractivity contribution in [2.45, 2.75) is 45.0 Å². The van der Waals surface area contributed by atoms with Crippen molar-refractivity contribution in [1.29, 1.82) is 0 Å². The van der Waals surface area contributed by atoms with Gasteiger partial charge in [0.2, 0.25) is 0 Å². The van der Waals surface area contributed by atoms with Crippen LogP contribution in [0.3, 0.4) is 0 Å². The highest BCUT2D eigenvalue weighted by Crippen LogP contribution is 2.38. The summed E-state index contributed by atoms with van der Waals surface area (Å²) in [5.74, 6) is 1.20. The number of para-hydroxylation sites is 3. The van der Waals surface area contributed by atoms with Crippen molar-refractivity contribution in [2.75, 3.05) is 0 Å². The minimum absolute atomic E-state index is 0.122. The zero-order valence-electron chi connectivity index (χ0n) is 30.0. The number of nitrogens with zero attached hydrogens (tertiary/aromatic N) is 3. The lowest BCUT2D eigenvalue weighted by Crippen LogP contribution is -2.25. The Hall–Kier alpha value is -6.60. The SMILES string of the molecule is CC(CCC(=O)OCc1ccc2ccccc2n1)(c1ccc(OCc2ccc3ccccc3n2)cc1)c1ccc(OCc2ccc3ccccc3n2)cc1. The molecular formula is C47H39N3O4. The van der Waals surface area contributed by atoms with E-state index in [1.807, 2.05) is 109 Å². The highest BCUT2D eigenvalue weighted by molar-refractivity contribution is 5.80. The van der Waals surface area contributed by atoms with E-state index in [4.69, 9.17) is 24.2 Å². The molecule has 0 fully saturated rings. The molecule has 54 heavy (non-hydrogen) atoms. The summed E-state index contributed by atoms with van der Waals surface area (Å²) >= 11 is 0. The minimum atomic E-state index is -0.517. The highest BCUT2D eigenvalue weighted by Gasteiger charge is 2.30. The van der Waals surface area contributed by atoms with Crippen molar-refractivity contribution < 1.29 is 19.0 Å². The first-order chi connectivity index (χ1) is 26.5. The summed E-state index contributed by atoms with van der Waals surface area (Å²) in [6, 6.07) is 52.2. The van der Waals surface area contributed by atoms with Gasteiger partial charge in [0, 0.05) is 28.0 Å². The summed E-state index contributed by atoms with van der Waals surface area (Å²) in [4.78, 5) is 27.3. The van der Waals surface area contributed by atoms with Gasteiger partial charge < -0.3 is 14.2 Å². The number of fused-ring (bicyclic) bond motifs is 3. The van der Waals surface area contributed by atoms with Gasteiger partial charge in [0.1, 0.15) is 31.3 Å². The minimum Gasteiger partial charge on any atom is -0.487 e. The molecule has 0 N–H and O–H groups in total. The number of rotatable bonds is 13. The molecule has 0 amide bonds. The molecule has 0 aliphatic carbocycles. The number of hydrogen-bond donors (Lipinski definition) is 0. The summed E-state index contributed by atoms with van der Waals surface area (Å²) in [6.45, 7) is 3.00. The summed E-state index contributed by atoms with van der Waals surface area (Å²) < 4.78 is 18.0. The lowest BCUT2D eigenvalue weighted by Gasteiger charge is -2.31. The van der Waals surface area contributed by atoms with Gasteiger partial charge in [-0.05, 0) is 78.2 Å². The fourth-order valence-corrected chi connectivity index (χ4v) is 6.75. The van der Waals surface area contributed by atoms with E-state index >= 15 is 0 Å². The third-order valence-corrected chi connectivity index (χ3v) is 9.93. The number of pyridine rings is 3. The highest BCUT2D eigenvalue weighted by atomic mass is 16.5. The first-order valence-electron chi connectivity index (χ1n) is 18.1. The van der Waals surface area contributed by atoms with E-state index in [1.54, 1.807) is 0 Å². The van der Waals surface area contributed by atoms with Gasteiger partial charge in [0.25, 0.3) is 0 Å². The van der Waals surface area contributed by atoms with Crippen LogP contribution in [-0.2, 0) is 34.8 Å². The Labute approximate surface area is 314 Å². The lowest BCUT2D eigenvalue weighted by atomic mass is 9.73. The second-order valence-corrected chi connectivity index (χ2v) is 13.6. The number of benzene rings is 5. The zero-order valence-corrected chi connectivity index (χ0v) is 30.0. The second kappa shape index (κ2) is 15.6. The molecule has 3 aromatic heterocycles. The van der Waals surface area contributed by atoms with Crippen LogP contribution < -0.4 is 9.47 Å². The summed E-state index contributed by atoms with van der Waals surface area (Å²) in [5, 5.41) is 3.24. The van der Waals surface area contributed by atoms with Gasteiger partial charge >= 0.3 is 5.97 Å². The molecule has 0 aliphatic rings. The Kier molecular flexibility index (Phi) is 9.94. The van der Waals surface area contributed by atoms with Crippen LogP contribution in [0.5, 0.6) is 11.5 Å². The first-order valence-corrected chi connectivity index (χ1v) is 18.1. The molecule has 0 spiro atoms. The first kappa shape index (κ1) is 34.5. The van der Waals surface area contributed by atoms with Crippen molar-refractivity contribution >= 4 is 38.7 Å². The molecule has 7 heteroatoms. The molecule has 7 nitrogen and oxygen atoms in total. The molecule has 0 aliphatic heterocycles. The van der Waals surface area contributed by atoms with Crippen LogP contribution in [-0.4, -0.2) is 20.9 Å². The molecule has 0 radical (unpaired) electrons. The van der Waals surface area contributed by atoms with E-state index in [0.29, 0.717) is 25.3 Å². The predicted molar refractivity (Wildman–Crippen MR) is 212 cm³/mol. The number of hydrogen-bond acceptors (Lipinski definition) is 7. The van der Waals surface area contributed by atoms with E-state index in [9.17, 15) is 4.79 Å². The zero-order chi connectivity index (χ0) is 36.7. The van der Waals surface area contributed by atoms with Gasteiger partial charge in [-0.25, -0.2) is 15.0 Å². The molecule has 0 unspecified atom stereocenters.